The Morgan fingerprint density at radius 3 is 2.61 bits per heavy atom. The van der Waals surface area contributed by atoms with Crippen molar-refractivity contribution >= 4 is 21.9 Å². The van der Waals surface area contributed by atoms with Crippen LogP contribution in [0.25, 0.3) is 0 Å². The minimum Gasteiger partial charge on any atom is -0.469 e. The van der Waals surface area contributed by atoms with E-state index in [1.807, 2.05) is 0 Å². The van der Waals surface area contributed by atoms with Crippen LogP contribution in [-0.4, -0.2) is 19.7 Å². The number of hydrogen-bond acceptors (Lipinski definition) is 3. The molecule has 0 radical (unpaired) electrons. The second-order valence-electron chi connectivity index (χ2n) is 3.64. The Bertz CT molecular complexity index is 436. The zero-order chi connectivity index (χ0) is 13.7. The van der Waals surface area contributed by atoms with E-state index in [1.165, 1.54) is 13.2 Å². The Kier molecular flexibility index (Phi) is 5.53. The lowest BCUT2D eigenvalue weighted by atomic mass is 10.0. The van der Waals surface area contributed by atoms with Crippen LogP contribution in [0.4, 0.5) is 8.78 Å². The summed E-state index contributed by atoms with van der Waals surface area (Å²) in [6, 6.07) is 3.20. The number of alkyl halides is 3. The lowest BCUT2D eigenvalue weighted by Gasteiger charge is -2.13. The predicted molar refractivity (Wildman–Crippen MR) is 66.2 cm³/mol. The van der Waals surface area contributed by atoms with Crippen LogP contribution >= 0.6 is 15.9 Å². The molecule has 1 aromatic rings. The molecule has 0 atom stereocenters. The topological polar surface area (TPSA) is 35.5 Å². The Balaban J connectivity index is 3.09. The van der Waals surface area contributed by atoms with Crippen LogP contribution in [0.2, 0.25) is 0 Å². The molecule has 0 fully saturated rings. The minimum atomic E-state index is -2.89. The number of rotatable bonds is 5. The molecule has 0 saturated carbocycles. The van der Waals surface area contributed by atoms with E-state index in [0.717, 1.165) is 5.56 Å². The van der Waals surface area contributed by atoms with Gasteiger partial charge in [0.2, 0.25) is 0 Å². The first-order chi connectivity index (χ1) is 8.47. The molecule has 0 bridgehead atoms. The van der Waals surface area contributed by atoms with Gasteiger partial charge < -0.3 is 9.47 Å². The van der Waals surface area contributed by atoms with E-state index in [0.29, 0.717) is 16.5 Å². The molecule has 0 N–H and O–H groups in total. The number of carbonyl (C=O) groups is 1. The number of ether oxygens (including phenoxy) is 2. The molecule has 1 rings (SSSR count). The van der Waals surface area contributed by atoms with Gasteiger partial charge in [-0.05, 0) is 29.7 Å². The SMILES string of the molecule is COC(=O)Cc1cc(CBr)c(C)c(OC(F)F)c1. The molecule has 0 heterocycles. The van der Waals surface area contributed by atoms with E-state index >= 15 is 0 Å². The highest BCUT2D eigenvalue weighted by Gasteiger charge is 2.13. The molecular weight excluding hydrogens is 310 g/mol. The summed E-state index contributed by atoms with van der Waals surface area (Å²) in [7, 11) is 1.28. The van der Waals surface area contributed by atoms with Gasteiger partial charge in [-0.1, -0.05) is 22.0 Å². The fourth-order valence-electron chi connectivity index (χ4n) is 1.51. The third-order valence-corrected chi connectivity index (χ3v) is 3.07. The molecule has 18 heavy (non-hydrogen) atoms. The molecule has 0 amide bonds. The molecule has 0 saturated heterocycles. The summed E-state index contributed by atoms with van der Waals surface area (Å²) >= 11 is 3.27. The number of methoxy groups -OCH3 is 1. The zero-order valence-corrected chi connectivity index (χ0v) is 11.6. The standard InChI is InChI=1S/C12H13BrF2O3/c1-7-9(6-13)3-8(5-11(16)17-2)4-10(7)18-12(14)15/h3-4,12H,5-6H2,1-2H3. The van der Waals surface area contributed by atoms with Gasteiger partial charge in [-0.15, -0.1) is 0 Å². The van der Waals surface area contributed by atoms with Crippen molar-refractivity contribution in [2.24, 2.45) is 0 Å². The molecule has 0 spiro atoms. The van der Waals surface area contributed by atoms with Gasteiger partial charge in [0.05, 0.1) is 13.5 Å². The maximum absolute atomic E-state index is 12.3. The minimum absolute atomic E-state index is 0.0242. The first-order valence-corrected chi connectivity index (χ1v) is 6.30. The average Bonchev–Trinajstić information content (AvgIpc) is 2.32. The normalized spacial score (nSPS) is 10.6. The van der Waals surface area contributed by atoms with Gasteiger partial charge in [0.25, 0.3) is 0 Å². The molecule has 0 aliphatic rings. The van der Waals surface area contributed by atoms with Crippen molar-refractivity contribution in [1.82, 2.24) is 0 Å². The summed E-state index contributed by atoms with van der Waals surface area (Å²) in [6.45, 7) is -1.20. The summed E-state index contributed by atoms with van der Waals surface area (Å²) in [5.74, 6) is -0.344. The van der Waals surface area contributed by atoms with Crippen molar-refractivity contribution in [3.63, 3.8) is 0 Å². The van der Waals surface area contributed by atoms with Crippen molar-refractivity contribution in [2.75, 3.05) is 7.11 Å². The largest absolute Gasteiger partial charge is 0.469 e. The first kappa shape index (κ1) is 14.9. The summed E-state index contributed by atoms with van der Waals surface area (Å²) in [6.07, 6.45) is 0.0242. The first-order valence-electron chi connectivity index (χ1n) is 5.18. The van der Waals surface area contributed by atoms with E-state index in [9.17, 15) is 13.6 Å². The van der Waals surface area contributed by atoms with Crippen LogP contribution in [0, 0.1) is 6.92 Å². The molecule has 3 nitrogen and oxygen atoms in total. The number of benzene rings is 1. The molecule has 0 unspecified atom stereocenters. The van der Waals surface area contributed by atoms with Gasteiger partial charge in [-0.25, -0.2) is 0 Å². The molecular formula is C12H13BrF2O3. The predicted octanol–water partition coefficient (Wildman–Crippen LogP) is 3.21. The van der Waals surface area contributed by atoms with Crippen molar-refractivity contribution in [2.45, 2.75) is 25.3 Å². The highest BCUT2D eigenvalue weighted by Crippen LogP contribution is 2.27. The number of carbonyl (C=O) groups excluding carboxylic acids is 1. The average molecular weight is 323 g/mol. The Labute approximate surface area is 112 Å². The van der Waals surface area contributed by atoms with Gasteiger partial charge >= 0.3 is 12.6 Å². The third-order valence-electron chi connectivity index (χ3n) is 2.46. The zero-order valence-electron chi connectivity index (χ0n) is 10.0. The molecule has 0 aliphatic heterocycles. The van der Waals surface area contributed by atoms with Gasteiger partial charge in [0, 0.05) is 5.33 Å². The van der Waals surface area contributed by atoms with Crippen LogP contribution in [0.3, 0.4) is 0 Å². The van der Waals surface area contributed by atoms with Crippen molar-refractivity contribution in [3.05, 3.63) is 28.8 Å². The van der Waals surface area contributed by atoms with Crippen LogP contribution in [0.5, 0.6) is 5.75 Å². The fraction of sp³-hybridized carbons (Fsp3) is 0.417. The molecule has 1 aromatic carbocycles. The summed E-state index contributed by atoms with van der Waals surface area (Å²) < 4.78 is 33.5. The number of hydrogen-bond donors (Lipinski definition) is 0. The summed E-state index contributed by atoms with van der Waals surface area (Å²) in [5, 5.41) is 0.493. The quantitative estimate of drug-likeness (QED) is 0.617. The van der Waals surface area contributed by atoms with E-state index in [2.05, 4.69) is 25.4 Å². The second kappa shape index (κ2) is 6.68. The Morgan fingerprint density at radius 1 is 1.44 bits per heavy atom. The van der Waals surface area contributed by atoms with Crippen LogP contribution < -0.4 is 4.74 Å². The van der Waals surface area contributed by atoms with Gasteiger partial charge in [-0.3, -0.25) is 4.79 Å². The Hall–Kier alpha value is -1.17. The number of esters is 1. The van der Waals surface area contributed by atoms with E-state index in [4.69, 9.17) is 0 Å². The van der Waals surface area contributed by atoms with E-state index < -0.39 is 12.6 Å². The van der Waals surface area contributed by atoms with E-state index in [-0.39, 0.29) is 12.2 Å². The fourth-order valence-corrected chi connectivity index (χ4v) is 2.09. The Morgan fingerprint density at radius 2 is 2.11 bits per heavy atom. The van der Waals surface area contributed by atoms with Gasteiger partial charge in [-0.2, -0.15) is 8.78 Å². The van der Waals surface area contributed by atoms with E-state index in [1.54, 1.807) is 13.0 Å². The molecule has 100 valence electrons. The highest BCUT2D eigenvalue weighted by molar-refractivity contribution is 9.08. The summed E-state index contributed by atoms with van der Waals surface area (Å²) in [4.78, 5) is 11.2. The van der Waals surface area contributed by atoms with Crippen LogP contribution in [-0.2, 0) is 21.3 Å². The maximum Gasteiger partial charge on any atom is 0.387 e. The molecule has 0 aliphatic carbocycles. The van der Waals surface area contributed by atoms with Gasteiger partial charge in [0.1, 0.15) is 5.75 Å². The van der Waals surface area contributed by atoms with Gasteiger partial charge in [0.15, 0.2) is 0 Å². The summed E-state index contributed by atoms with van der Waals surface area (Å²) in [5.41, 5.74) is 2.00. The van der Waals surface area contributed by atoms with Crippen LogP contribution in [0.15, 0.2) is 12.1 Å². The van der Waals surface area contributed by atoms with Crippen LogP contribution in [0.1, 0.15) is 16.7 Å². The molecule has 6 heteroatoms. The van der Waals surface area contributed by atoms with Crippen molar-refractivity contribution in [3.8, 4) is 5.75 Å². The number of halogens is 3. The lowest BCUT2D eigenvalue weighted by Crippen LogP contribution is -2.08. The smallest absolute Gasteiger partial charge is 0.387 e. The highest BCUT2D eigenvalue weighted by atomic mass is 79.9. The molecule has 0 aromatic heterocycles. The van der Waals surface area contributed by atoms with Crippen molar-refractivity contribution < 1.29 is 23.0 Å². The van der Waals surface area contributed by atoms with Crippen molar-refractivity contribution in [1.29, 1.82) is 0 Å². The lowest BCUT2D eigenvalue weighted by molar-refractivity contribution is -0.139. The second-order valence-corrected chi connectivity index (χ2v) is 4.20. The third kappa shape index (κ3) is 3.94. The monoisotopic (exact) mass is 322 g/mol. The maximum atomic E-state index is 12.3.